The molecule has 0 spiro atoms. The highest BCUT2D eigenvalue weighted by Gasteiger charge is 2.43. The summed E-state index contributed by atoms with van der Waals surface area (Å²) in [6.45, 7) is -0.221. The first-order chi connectivity index (χ1) is 11.3. The first kappa shape index (κ1) is 16.8. The molecule has 130 valence electrons. The largest absolute Gasteiger partial charge is 0.416 e. The Morgan fingerprint density at radius 2 is 1.92 bits per heavy atom. The van der Waals surface area contributed by atoms with Crippen molar-refractivity contribution in [3.63, 3.8) is 0 Å². The number of aliphatic hydroxyl groups is 1. The Bertz CT molecular complexity index is 662. The summed E-state index contributed by atoms with van der Waals surface area (Å²) in [5, 5.41) is 9.72. The number of fused-ring (bicyclic) bond motifs is 1. The number of benzene rings is 1. The van der Waals surface area contributed by atoms with E-state index in [1.54, 1.807) is 0 Å². The second-order valence-corrected chi connectivity index (χ2v) is 6.13. The first-order valence-electron chi connectivity index (χ1n) is 7.69. The molecule has 0 bridgehead atoms. The van der Waals surface area contributed by atoms with Crippen LogP contribution in [0.3, 0.4) is 0 Å². The summed E-state index contributed by atoms with van der Waals surface area (Å²) in [7, 11) is 0. The average Bonchev–Trinajstić information content (AvgIpc) is 2.51. The summed E-state index contributed by atoms with van der Waals surface area (Å²) in [5.41, 5.74) is -0.854. The van der Waals surface area contributed by atoms with E-state index in [1.807, 2.05) is 0 Å². The summed E-state index contributed by atoms with van der Waals surface area (Å²) in [5.74, 6) is -0.707. The van der Waals surface area contributed by atoms with E-state index in [2.05, 4.69) is 0 Å². The van der Waals surface area contributed by atoms with E-state index in [0.29, 0.717) is 13.0 Å². The smallest absolute Gasteiger partial charge is 0.393 e. The highest BCUT2D eigenvalue weighted by molar-refractivity contribution is 5.95. The number of amides is 2. The Hall–Kier alpha value is -2.09. The number of carbonyl (C=O) groups is 2. The van der Waals surface area contributed by atoms with E-state index in [1.165, 1.54) is 23.1 Å². The second-order valence-electron chi connectivity index (χ2n) is 6.13. The molecule has 2 saturated heterocycles. The molecule has 1 N–H and O–H groups in total. The van der Waals surface area contributed by atoms with E-state index in [4.69, 9.17) is 0 Å². The van der Waals surface area contributed by atoms with Gasteiger partial charge in [0, 0.05) is 19.5 Å². The Morgan fingerprint density at radius 3 is 2.62 bits per heavy atom. The van der Waals surface area contributed by atoms with Gasteiger partial charge in [0.05, 0.1) is 11.7 Å². The third-order valence-electron chi connectivity index (χ3n) is 4.50. The molecule has 0 radical (unpaired) electrons. The highest BCUT2D eigenvalue weighted by atomic mass is 19.4. The fourth-order valence-corrected chi connectivity index (χ4v) is 3.30. The van der Waals surface area contributed by atoms with Gasteiger partial charge < -0.3 is 14.9 Å². The zero-order valence-corrected chi connectivity index (χ0v) is 12.8. The number of alkyl halides is 3. The molecule has 24 heavy (non-hydrogen) atoms. The summed E-state index contributed by atoms with van der Waals surface area (Å²) >= 11 is 0. The molecule has 0 aromatic heterocycles. The lowest BCUT2D eigenvalue weighted by Crippen LogP contribution is -2.62. The minimum Gasteiger partial charge on any atom is -0.393 e. The number of aliphatic hydroxyl groups excluding tert-OH is 1. The summed E-state index contributed by atoms with van der Waals surface area (Å²) in [6, 6.07) is 4.24. The fraction of sp³-hybridized carbons (Fsp3) is 0.500. The van der Waals surface area contributed by atoms with Gasteiger partial charge in [-0.3, -0.25) is 9.59 Å². The lowest BCUT2D eigenvalue weighted by Gasteiger charge is -2.44. The molecule has 5 nitrogen and oxygen atoms in total. The minimum atomic E-state index is -4.52. The monoisotopic (exact) mass is 342 g/mol. The lowest BCUT2D eigenvalue weighted by molar-refractivity contribution is -0.161. The predicted molar refractivity (Wildman–Crippen MR) is 77.6 cm³/mol. The summed E-state index contributed by atoms with van der Waals surface area (Å²) in [4.78, 5) is 27.3. The normalized spacial score (nSPS) is 25.0. The maximum absolute atomic E-state index is 13.1. The number of hydrogen-bond donors (Lipinski definition) is 1. The Balaban J connectivity index is 1.84. The molecule has 2 heterocycles. The second kappa shape index (κ2) is 6.08. The maximum atomic E-state index is 13.1. The van der Waals surface area contributed by atoms with Crippen molar-refractivity contribution in [1.29, 1.82) is 0 Å². The molecular weight excluding hydrogens is 325 g/mol. The Kier molecular flexibility index (Phi) is 4.25. The molecule has 1 aromatic carbocycles. The van der Waals surface area contributed by atoms with Gasteiger partial charge in [0.15, 0.2) is 0 Å². The fourth-order valence-electron chi connectivity index (χ4n) is 3.30. The zero-order chi connectivity index (χ0) is 17.5. The molecule has 2 aliphatic rings. The quantitative estimate of drug-likeness (QED) is 0.884. The number of piperidine rings is 1. The van der Waals surface area contributed by atoms with Gasteiger partial charge in [0.1, 0.15) is 12.6 Å². The van der Waals surface area contributed by atoms with Gasteiger partial charge in [-0.25, -0.2) is 0 Å². The molecule has 0 aliphatic carbocycles. The van der Waals surface area contributed by atoms with Crippen molar-refractivity contribution in [2.24, 2.45) is 0 Å². The number of halogens is 3. The number of hydrogen-bond acceptors (Lipinski definition) is 3. The molecule has 1 aromatic rings. The van der Waals surface area contributed by atoms with Crippen LogP contribution >= 0.6 is 0 Å². The molecule has 2 fully saturated rings. The molecule has 8 heteroatoms. The van der Waals surface area contributed by atoms with E-state index in [-0.39, 0.29) is 31.0 Å². The topological polar surface area (TPSA) is 60.9 Å². The van der Waals surface area contributed by atoms with Crippen LogP contribution in [-0.4, -0.2) is 52.0 Å². The van der Waals surface area contributed by atoms with Crippen LogP contribution in [0.15, 0.2) is 24.3 Å². The van der Waals surface area contributed by atoms with Crippen molar-refractivity contribution in [3.8, 4) is 0 Å². The van der Waals surface area contributed by atoms with E-state index in [9.17, 15) is 27.9 Å². The van der Waals surface area contributed by atoms with E-state index < -0.39 is 29.8 Å². The molecular formula is C16H17F3N2O3. The van der Waals surface area contributed by atoms with Crippen LogP contribution in [0, 0.1) is 0 Å². The van der Waals surface area contributed by atoms with Gasteiger partial charge in [-0.1, -0.05) is 18.2 Å². The lowest BCUT2D eigenvalue weighted by atomic mass is 9.95. The van der Waals surface area contributed by atoms with Crippen molar-refractivity contribution in [2.45, 2.75) is 37.7 Å². The maximum Gasteiger partial charge on any atom is 0.416 e. The van der Waals surface area contributed by atoms with Crippen LogP contribution in [0.25, 0.3) is 0 Å². The van der Waals surface area contributed by atoms with Crippen molar-refractivity contribution in [3.05, 3.63) is 35.4 Å². The number of rotatable bonds is 2. The van der Waals surface area contributed by atoms with Crippen molar-refractivity contribution < 1.29 is 27.9 Å². The predicted octanol–water partition coefficient (Wildman–Crippen LogP) is 1.40. The van der Waals surface area contributed by atoms with Gasteiger partial charge in [0.25, 0.3) is 0 Å². The van der Waals surface area contributed by atoms with Crippen LogP contribution in [0.4, 0.5) is 13.2 Å². The van der Waals surface area contributed by atoms with Gasteiger partial charge >= 0.3 is 6.18 Å². The Morgan fingerprint density at radius 1 is 1.21 bits per heavy atom. The van der Waals surface area contributed by atoms with Gasteiger partial charge in [0.2, 0.25) is 11.8 Å². The molecule has 0 unspecified atom stereocenters. The molecule has 2 amide bonds. The zero-order valence-electron chi connectivity index (χ0n) is 12.8. The molecule has 0 saturated carbocycles. The minimum absolute atomic E-state index is 0.0454. The van der Waals surface area contributed by atoms with Gasteiger partial charge in [-0.2, -0.15) is 13.2 Å². The van der Waals surface area contributed by atoms with E-state index >= 15 is 0 Å². The molecule has 2 atom stereocenters. The van der Waals surface area contributed by atoms with E-state index in [0.717, 1.165) is 11.0 Å². The number of piperazine rings is 1. The van der Waals surface area contributed by atoms with Crippen molar-refractivity contribution in [1.82, 2.24) is 9.80 Å². The van der Waals surface area contributed by atoms with Crippen LogP contribution in [0.5, 0.6) is 0 Å². The third-order valence-corrected chi connectivity index (χ3v) is 4.50. The first-order valence-corrected chi connectivity index (χ1v) is 7.69. The van der Waals surface area contributed by atoms with Crippen molar-refractivity contribution >= 4 is 11.8 Å². The van der Waals surface area contributed by atoms with Crippen molar-refractivity contribution in [2.75, 3.05) is 13.1 Å². The summed E-state index contributed by atoms with van der Waals surface area (Å²) in [6.07, 6.45) is -4.66. The summed E-state index contributed by atoms with van der Waals surface area (Å²) < 4.78 is 39.3. The van der Waals surface area contributed by atoms with Crippen LogP contribution in [0.1, 0.15) is 24.0 Å². The van der Waals surface area contributed by atoms with Gasteiger partial charge in [-0.05, 0) is 18.1 Å². The average molecular weight is 342 g/mol. The molecule has 3 rings (SSSR count). The van der Waals surface area contributed by atoms with Crippen LogP contribution in [-0.2, 0) is 22.3 Å². The van der Waals surface area contributed by atoms with Crippen LogP contribution < -0.4 is 0 Å². The number of nitrogens with zero attached hydrogens (tertiary/aromatic N) is 2. The third kappa shape index (κ3) is 3.10. The highest BCUT2D eigenvalue weighted by Crippen LogP contribution is 2.33. The van der Waals surface area contributed by atoms with Gasteiger partial charge in [-0.15, -0.1) is 0 Å². The molecule has 2 aliphatic heterocycles. The van der Waals surface area contributed by atoms with Crippen LogP contribution in [0.2, 0.25) is 0 Å². The number of carbonyl (C=O) groups excluding carboxylic acids is 2. The standard InChI is InChI=1S/C16H17F3N2O3/c17-16(18,19)12-4-2-1-3-10(12)8-20-9-14(23)21-6-5-11(22)7-13(21)15(20)24/h1-4,11,13,22H,5-9H2/t11-,13+/m1/s1. The Labute approximate surface area is 136 Å². The SMILES string of the molecule is O=C1[C@@H]2C[C@H](O)CCN2C(=O)CN1Cc1ccccc1C(F)(F)F.